The summed E-state index contributed by atoms with van der Waals surface area (Å²) in [6.45, 7) is 13.1. The van der Waals surface area contributed by atoms with E-state index >= 15 is 0 Å². The summed E-state index contributed by atoms with van der Waals surface area (Å²) in [6.07, 6.45) is 4.03. The van der Waals surface area contributed by atoms with Gasteiger partial charge in [-0.2, -0.15) is 0 Å². The van der Waals surface area contributed by atoms with Crippen molar-refractivity contribution >= 4 is 69.1 Å². The maximum absolute atomic E-state index is 14.1. The van der Waals surface area contributed by atoms with Crippen molar-refractivity contribution in [1.82, 2.24) is 41.4 Å². The molecule has 0 saturated carbocycles. The minimum Gasteiger partial charge on any atom is -0.480 e. The van der Waals surface area contributed by atoms with E-state index in [0.717, 1.165) is 9.93 Å². The summed E-state index contributed by atoms with van der Waals surface area (Å²) in [4.78, 5) is 109. The van der Waals surface area contributed by atoms with Crippen molar-refractivity contribution in [3.05, 3.63) is 54.2 Å². The van der Waals surface area contributed by atoms with Gasteiger partial charge in [0.15, 0.2) is 0 Å². The van der Waals surface area contributed by atoms with Crippen LogP contribution < -0.4 is 31.3 Å². The summed E-state index contributed by atoms with van der Waals surface area (Å²) in [5, 5.41) is 23.5. The number of carboxylic acid groups (broad SMARTS) is 1. The van der Waals surface area contributed by atoms with E-state index in [2.05, 4.69) is 31.6 Å². The number of aliphatic carboxylic acids is 1. The van der Waals surface area contributed by atoms with Gasteiger partial charge in [-0.15, -0.1) is 0 Å². The second kappa shape index (κ2) is 36.4. The van der Waals surface area contributed by atoms with Crippen molar-refractivity contribution in [2.24, 2.45) is 11.8 Å². The number of nitrogens with zero attached hydrogens (tertiary/aromatic N) is 3. The van der Waals surface area contributed by atoms with Crippen LogP contribution in [0.1, 0.15) is 85.6 Å². The van der Waals surface area contributed by atoms with Crippen LogP contribution in [0.5, 0.6) is 5.75 Å². The van der Waals surface area contributed by atoms with E-state index in [4.69, 9.17) is 18.9 Å². The van der Waals surface area contributed by atoms with Gasteiger partial charge in [-0.3, -0.25) is 33.6 Å². The largest absolute Gasteiger partial charge is 0.480 e. The summed E-state index contributed by atoms with van der Waals surface area (Å²) >= 11 is 0. The van der Waals surface area contributed by atoms with E-state index in [1.165, 1.54) is 32.8 Å². The molecule has 73 heavy (non-hydrogen) atoms. The van der Waals surface area contributed by atoms with Gasteiger partial charge in [-0.05, 0) is 85.6 Å². The van der Waals surface area contributed by atoms with Crippen LogP contribution in [0.2, 0.25) is 0 Å². The lowest BCUT2D eigenvalue weighted by Crippen LogP contribution is -2.57. The number of rotatable bonds is 37. The second-order valence-electron chi connectivity index (χ2n) is 17.8. The molecule has 23 heteroatoms. The van der Waals surface area contributed by atoms with Crippen molar-refractivity contribution in [1.29, 1.82) is 0 Å². The lowest BCUT2D eigenvalue weighted by Gasteiger charge is -2.33. The summed E-state index contributed by atoms with van der Waals surface area (Å²) in [6, 6.07) is 7.67. The average Bonchev–Trinajstić information content (AvgIpc) is 3.36. The normalized spacial score (nSPS) is 13.1. The van der Waals surface area contributed by atoms with Gasteiger partial charge in [-0.1, -0.05) is 63.1 Å². The number of hydrogen-bond donors (Lipinski definition) is 6. The van der Waals surface area contributed by atoms with Gasteiger partial charge in [0.25, 0.3) is 0 Å². The average molecular weight is 1060 g/mol. The quantitative estimate of drug-likeness (QED) is 0.0415. The van der Waals surface area contributed by atoms with E-state index in [1.807, 2.05) is 39.0 Å². The second-order valence-corrected chi connectivity index (χ2v) is 20.2. The van der Waals surface area contributed by atoms with E-state index in [0.29, 0.717) is 89.6 Å². The van der Waals surface area contributed by atoms with Crippen LogP contribution in [-0.4, -0.2) is 171 Å². The highest BCUT2D eigenvalue weighted by molar-refractivity contribution is 8.76. The number of carboxylic acids is 1. The van der Waals surface area contributed by atoms with Crippen molar-refractivity contribution < 1.29 is 62.4 Å². The SMILES string of the molecule is CCC(C)C(NC(=O)CN(C)C(=O)[C@@H](Cc1ccc(OC(=O)NCCCOCCOCCOCCCNC(=O)CCSSc2ccccn2)cc1)N(C)C(=O)[C@H](C)NC(=O)CCC(C)C)C(=O)N[C@H](C)C(=O)O. The number of amides is 7. The number of benzene rings is 1. The van der Waals surface area contributed by atoms with Crippen LogP contribution in [-0.2, 0) is 54.2 Å². The molecular formula is C50H78N8O13S2. The number of hydrogen-bond acceptors (Lipinski definition) is 15. The Labute approximate surface area is 437 Å². The van der Waals surface area contributed by atoms with Crippen molar-refractivity contribution in [2.45, 2.75) is 116 Å². The fourth-order valence-corrected chi connectivity index (χ4v) is 8.44. The molecule has 0 aliphatic rings. The molecule has 0 spiro atoms. The molecule has 7 amide bonds. The highest BCUT2D eigenvalue weighted by atomic mass is 33.1. The molecule has 0 aliphatic carbocycles. The minimum atomic E-state index is -1.24. The molecule has 1 aromatic heterocycles. The van der Waals surface area contributed by atoms with Crippen molar-refractivity contribution in [3.8, 4) is 5.75 Å². The molecule has 0 aliphatic heterocycles. The first kappa shape index (κ1) is 63.6. The zero-order chi connectivity index (χ0) is 54.1. The molecule has 0 saturated heterocycles. The molecule has 1 aromatic carbocycles. The molecule has 0 radical (unpaired) electrons. The Balaban J connectivity index is 1.80. The monoisotopic (exact) mass is 1060 g/mol. The fraction of sp³-hybridized carbons (Fsp3) is 0.620. The first-order chi connectivity index (χ1) is 34.8. The molecule has 21 nitrogen and oxygen atoms in total. The maximum Gasteiger partial charge on any atom is 0.412 e. The van der Waals surface area contributed by atoms with Gasteiger partial charge in [-0.25, -0.2) is 9.78 Å². The Bertz CT molecular complexity index is 2000. The smallest absolute Gasteiger partial charge is 0.412 e. The molecule has 408 valence electrons. The number of pyridine rings is 1. The third-order valence-electron chi connectivity index (χ3n) is 11.1. The van der Waals surface area contributed by atoms with Gasteiger partial charge in [0.05, 0.1) is 33.0 Å². The molecule has 2 unspecified atom stereocenters. The highest BCUT2D eigenvalue weighted by Gasteiger charge is 2.34. The van der Waals surface area contributed by atoms with Crippen LogP contribution in [0.4, 0.5) is 4.79 Å². The van der Waals surface area contributed by atoms with Crippen LogP contribution in [0.3, 0.4) is 0 Å². The van der Waals surface area contributed by atoms with E-state index < -0.39 is 66.4 Å². The van der Waals surface area contributed by atoms with Gasteiger partial charge in [0.2, 0.25) is 35.4 Å². The number of carbonyl (C=O) groups is 8. The molecule has 5 atom stereocenters. The number of carbonyl (C=O) groups excluding carboxylic acids is 7. The number of nitrogens with one attached hydrogen (secondary N) is 5. The zero-order valence-electron chi connectivity index (χ0n) is 43.6. The Morgan fingerprint density at radius 2 is 1.34 bits per heavy atom. The summed E-state index contributed by atoms with van der Waals surface area (Å²) in [5.74, 6) is -3.24. The Morgan fingerprint density at radius 3 is 1.93 bits per heavy atom. The van der Waals surface area contributed by atoms with Gasteiger partial charge in [0, 0.05) is 71.6 Å². The zero-order valence-corrected chi connectivity index (χ0v) is 45.2. The van der Waals surface area contributed by atoms with Crippen LogP contribution >= 0.6 is 21.6 Å². The predicted molar refractivity (Wildman–Crippen MR) is 279 cm³/mol. The minimum absolute atomic E-state index is 0.00802. The molecule has 0 fully saturated rings. The fourth-order valence-electron chi connectivity index (χ4n) is 6.57. The number of aromatic nitrogens is 1. The standard InChI is InChI=1S/C50H78N8O13S2/c1-9-35(4)45(46(62)55-37(6)49(65)66)56-43(61)33-57(7)48(64)40(58(8)47(63)36(5)54-42(60)20-15-34(2)3)32-38-16-18-39(19-17-38)71-50(67)53-24-13-26-69-28-30-70-29-27-68-25-12-23-51-41(59)21-31-72-73-44-14-10-11-22-52-44/h10-11,14,16-19,22,34-37,40,45H,9,12-13,15,20-21,23-33H2,1-8H3,(H,51,59)(H,53,67)(H,54,60)(H,55,62)(H,56,61)(H,65,66)/t35?,36-,37+,40+,45?/m0/s1. The number of likely N-dealkylation sites (N-methyl/N-ethyl adjacent to an activating group) is 2. The van der Waals surface area contributed by atoms with Gasteiger partial charge in [0.1, 0.15) is 34.9 Å². The van der Waals surface area contributed by atoms with Crippen molar-refractivity contribution in [2.75, 3.05) is 79.1 Å². The lowest BCUT2D eigenvalue weighted by atomic mass is 9.98. The van der Waals surface area contributed by atoms with E-state index in [1.54, 1.807) is 59.0 Å². The van der Waals surface area contributed by atoms with Gasteiger partial charge < -0.3 is 60.4 Å². The first-order valence-electron chi connectivity index (χ1n) is 24.7. The lowest BCUT2D eigenvalue weighted by molar-refractivity contribution is -0.146. The Kier molecular flexibility index (Phi) is 31.8. The molecule has 0 bridgehead atoms. The third kappa shape index (κ3) is 27.4. The Hall–Kier alpha value is -5.49. The summed E-state index contributed by atoms with van der Waals surface area (Å²) in [7, 11) is 5.96. The maximum atomic E-state index is 14.1. The van der Waals surface area contributed by atoms with Crippen LogP contribution in [0.25, 0.3) is 0 Å². The highest BCUT2D eigenvalue weighted by Crippen LogP contribution is 2.29. The summed E-state index contributed by atoms with van der Waals surface area (Å²) < 4.78 is 22.1. The van der Waals surface area contributed by atoms with E-state index in [9.17, 15) is 43.5 Å². The number of ether oxygens (including phenoxy) is 4. The molecule has 6 N–H and O–H groups in total. The predicted octanol–water partition coefficient (Wildman–Crippen LogP) is 3.84. The molecule has 2 aromatic rings. The Morgan fingerprint density at radius 1 is 0.712 bits per heavy atom. The summed E-state index contributed by atoms with van der Waals surface area (Å²) in [5.41, 5.74) is 0.586. The topological polar surface area (TPSA) is 273 Å². The first-order valence-corrected chi connectivity index (χ1v) is 27.0. The molecular weight excluding hydrogens is 985 g/mol. The van der Waals surface area contributed by atoms with E-state index in [-0.39, 0.29) is 48.8 Å². The molecule has 1 heterocycles. The molecule has 2 rings (SSSR count). The van der Waals surface area contributed by atoms with Crippen molar-refractivity contribution in [3.63, 3.8) is 0 Å². The van der Waals surface area contributed by atoms with Crippen LogP contribution in [0.15, 0.2) is 53.7 Å². The third-order valence-corrected chi connectivity index (χ3v) is 13.4. The van der Waals surface area contributed by atoms with Gasteiger partial charge >= 0.3 is 12.1 Å². The van der Waals surface area contributed by atoms with Crippen LogP contribution in [0, 0.1) is 11.8 Å².